The summed E-state index contributed by atoms with van der Waals surface area (Å²) in [6.45, 7) is 6.75. The summed E-state index contributed by atoms with van der Waals surface area (Å²) in [5.41, 5.74) is 3.02. The number of aromatic nitrogens is 4. The van der Waals surface area contributed by atoms with E-state index in [1.165, 1.54) is 6.20 Å². The second-order valence-corrected chi connectivity index (χ2v) is 10.5. The number of aryl methyl sites for hydroxylation is 1. The molecule has 0 amide bonds. The normalized spacial score (nSPS) is 20.0. The van der Waals surface area contributed by atoms with Crippen molar-refractivity contribution in [2.75, 3.05) is 18.0 Å². The first-order valence-electron chi connectivity index (χ1n) is 11.6. The van der Waals surface area contributed by atoms with Crippen LogP contribution >= 0.6 is 11.6 Å². The van der Waals surface area contributed by atoms with E-state index in [0.717, 1.165) is 54.6 Å². The van der Waals surface area contributed by atoms with Gasteiger partial charge in [-0.25, -0.2) is 9.37 Å². The number of halogens is 2. The Balaban J connectivity index is 1.24. The Hall–Kier alpha value is -3.02. The van der Waals surface area contributed by atoms with Gasteiger partial charge in [0.05, 0.1) is 30.5 Å². The summed E-state index contributed by atoms with van der Waals surface area (Å²) in [4.78, 5) is 8.60. The number of rotatable bonds is 3. The quantitative estimate of drug-likeness (QED) is 0.557. The molecule has 2 aromatic heterocycles. The van der Waals surface area contributed by atoms with Gasteiger partial charge in [0.2, 0.25) is 0 Å². The van der Waals surface area contributed by atoms with Gasteiger partial charge in [-0.1, -0.05) is 11.6 Å². The first kappa shape index (κ1) is 21.5. The SMILES string of the molecule is Cc1cc(N2CC3(CC(c4nnc5n4-c4ccc(Cl)cc4CN(C(C)C#N)C5)C3)C2)ncc1F. The van der Waals surface area contributed by atoms with Crippen LogP contribution in [0, 0.1) is 29.5 Å². The van der Waals surface area contributed by atoms with Gasteiger partial charge in [-0.05, 0) is 62.1 Å². The molecule has 0 N–H and O–H groups in total. The van der Waals surface area contributed by atoms with E-state index >= 15 is 0 Å². The number of hydrogen-bond donors (Lipinski definition) is 0. The molecule has 9 heteroatoms. The van der Waals surface area contributed by atoms with Crippen molar-refractivity contribution in [2.45, 2.75) is 51.7 Å². The molecule has 2 aliphatic heterocycles. The molecule has 0 bridgehead atoms. The van der Waals surface area contributed by atoms with Crippen LogP contribution in [0.5, 0.6) is 0 Å². The number of benzene rings is 1. The highest BCUT2D eigenvalue weighted by Crippen LogP contribution is 2.56. The molecule has 2 fully saturated rings. The lowest BCUT2D eigenvalue weighted by atomic mass is 9.57. The van der Waals surface area contributed by atoms with Crippen LogP contribution in [0.2, 0.25) is 5.02 Å². The molecule has 1 saturated carbocycles. The summed E-state index contributed by atoms with van der Waals surface area (Å²) in [7, 11) is 0. The Bertz CT molecular complexity index is 1320. The van der Waals surface area contributed by atoms with Crippen molar-refractivity contribution in [3.05, 3.63) is 64.1 Å². The molecule has 3 aromatic rings. The highest BCUT2D eigenvalue weighted by Gasteiger charge is 2.54. The van der Waals surface area contributed by atoms with Gasteiger partial charge in [0.1, 0.15) is 17.5 Å². The minimum Gasteiger partial charge on any atom is -0.355 e. The zero-order valence-corrected chi connectivity index (χ0v) is 19.9. The van der Waals surface area contributed by atoms with E-state index in [1.807, 2.05) is 31.2 Å². The van der Waals surface area contributed by atoms with Gasteiger partial charge < -0.3 is 4.90 Å². The zero-order chi connectivity index (χ0) is 23.6. The molecular formula is C25H25ClFN7. The minimum absolute atomic E-state index is 0.241. The monoisotopic (exact) mass is 477 g/mol. The average Bonchev–Trinajstić information content (AvgIpc) is 3.08. The number of fused-ring (bicyclic) bond motifs is 3. The first-order valence-corrected chi connectivity index (χ1v) is 12.0. The van der Waals surface area contributed by atoms with Crippen LogP contribution < -0.4 is 4.90 Å². The second-order valence-electron chi connectivity index (χ2n) is 10.0. The number of anilines is 1. The van der Waals surface area contributed by atoms with Crippen molar-refractivity contribution in [3.8, 4) is 11.8 Å². The molecule has 1 aliphatic carbocycles. The van der Waals surface area contributed by atoms with Crippen LogP contribution in [-0.2, 0) is 13.1 Å². The third-order valence-electron chi connectivity index (χ3n) is 7.62. The fourth-order valence-electron chi connectivity index (χ4n) is 5.72. The van der Waals surface area contributed by atoms with Gasteiger partial charge in [0, 0.05) is 36.0 Å². The standard InChI is InChI=1S/C25H25ClFN7/c1-15-5-22(29-10-20(15)27)33-13-25(14-33)7-18(8-25)24-31-30-23-12-32(16(2)9-28)11-17-6-19(26)3-4-21(17)34(23)24/h3-6,10,16,18H,7-8,11-14H2,1-2H3. The summed E-state index contributed by atoms with van der Waals surface area (Å²) >= 11 is 6.32. The average molecular weight is 478 g/mol. The van der Waals surface area contributed by atoms with Gasteiger partial charge in [-0.2, -0.15) is 5.26 Å². The van der Waals surface area contributed by atoms with E-state index < -0.39 is 0 Å². The number of nitriles is 1. The van der Waals surface area contributed by atoms with Crippen molar-refractivity contribution in [1.82, 2.24) is 24.6 Å². The van der Waals surface area contributed by atoms with Crippen LogP contribution in [-0.4, -0.2) is 43.8 Å². The highest BCUT2D eigenvalue weighted by molar-refractivity contribution is 6.30. The lowest BCUT2D eigenvalue weighted by molar-refractivity contribution is 0.0581. The molecule has 0 radical (unpaired) electrons. The predicted octanol–water partition coefficient (Wildman–Crippen LogP) is 4.37. The maximum atomic E-state index is 13.6. The Morgan fingerprint density at radius 1 is 1.21 bits per heavy atom. The molecule has 34 heavy (non-hydrogen) atoms. The van der Waals surface area contributed by atoms with E-state index in [1.54, 1.807) is 6.92 Å². The van der Waals surface area contributed by atoms with Crippen LogP contribution in [0.15, 0.2) is 30.5 Å². The van der Waals surface area contributed by atoms with Crippen LogP contribution in [0.4, 0.5) is 10.2 Å². The van der Waals surface area contributed by atoms with Gasteiger partial charge in [-0.3, -0.25) is 9.47 Å². The summed E-state index contributed by atoms with van der Waals surface area (Å²) in [5, 5.41) is 19.4. The number of pyridine rings is 1. The molecule has 3 aliphatic rings. The van der Waals surface area contributed by atoms with Crippen molar-refractivity contribution in [2.24, 2.45) is 5.41 Å². The molecule has 1 atom stereocenters. The largest absolute Gasteiger partial charge is 0.355 e. The Labute approximate surface area is 202 Å². The van der Waals surface area contributed by atoms with Gasteiger partial charge in [-0.15, -0.1) is 10.2 Å². The van der Waals surface area contributed by atoms with Crippen LogP contribution in [0.3, 0.4) is 0 Å². The summed E-state index contributed by atoms with van der Waals surface area (Å²) in [6.07, 6.45) is 3.40. The highest BCUT2D eigenvalue weighted by atomic mass is 35.5. The molecule has 1 aromatic carbocycles. The maximum absolute atomic E-state index is 13.6. The van der Waals surface area contributed by atoms with Crippen molar-refractivity contribution < 1.29 is 4.39 Å². The Morgan fingerprint density at radius 2 is 2.00 bits per heavy atom. The smallest absolute Gasteiger partial charge is 0.151 e. The van der Waals surface area contributed by atoms with Gasteiger partial charge in [0.25, 0.3) is 0 Å². The molecule has 1 saturated heterocycles. The van der Waals surface area contributed by atoms with E-state index in [-0.39, 0.29) is 17.3 Å². The van der Waals surface area contributed by atoms with Gasteiger partial charge in [0.15, 0.2) is 5.82 Å². The number of nitrogens with zero attached hydrogens (tertiary/aromatic N) is 7. The fraction of sp³-hybridized carbons (Fsp3) is 0.440. The lowest BCUT2D eigenvalue weighted by Gasteiger charge is -2.59. The molecule has 1 unspecified atom stereocenters. The molecule has 7 nitrogen and oxygen atoms in total. The third kappa shape index (κ3) is 3.38. The Morgan fingerprint density at radius 3 is 2.74 bits per heavy atom. The van der Waals surface area contributed by atoms with Crippen molar-refractivity contribution >= 4 is 17.4 Å². The summed E-state index contributed by atoms with van der Waals surface area (Å²) in [6, 6.07) is 9.86. The topological polar surface area (TPSA) is 73.9 Å². The first-order chi connectivity index (χ1) is 16.4. The predicted molar refractivity (Wildman–Crippen MR) is 126 cm³/mol. The summed E-state index contributed by atoms with van der Waals surface area (Å²) in [5.74, 6) is 2.77. The van der Waals surface area contributed by atoms with Crippen molar-refractivity contribution in [3.63, 3.8) is 0 Å². The summed E-state index contributed by atoms with van der Waals surface area (Å²) < 4.78 is 15.8. The molecule has 174 valence electrons. The van der Waals surface area contributed by atoms with E-state index in [2.05, 4.69) is 35.6 Å². The zero-order valence-electron chi connectivity index (χ0n) is 19.2. The van der Waals surface area contributed by atoms with E-state index in [0.29, 0.717) is 29.6 Å². The van der Waals surface area contributed by atoms with Crippen LogP contribution in [0.25, 0.3) is 5.69 Å². The van der Waals surface area contributed by atoms with Crippen molar-refractivity contribution in [1.29, 1.82) is 5.26 Å². The minimum atomic E-state index is -0.264. The molecular weight excluding hydrogens is 453 g/mol. The second kappa shape index (κ2) is 7.76. The lowest BCUT2D eigenvalue weighted by Crippen LogP contribution is -2.62. The molecule has 4 heterocycles. The molecule has 6 rings (SSSR count). The van der Waals surface area contributed by atoms with Gasteiger partial charge >= 0.3 is 0 Å². The van der Waals surface area contributed by atoms with E-state index in [9.17, 15) is 9.65 Å². The third-order valence-corrected chi connectivity index (χ3v) is 7.86. The Kier molecular flexibility index (Phi) is 4.91. The maximum Gasteiger partial charge on any atom is 0.151 e. The van der Waals surface area contributed by atoms with Crippen LogP contribution in [0.1, 0.15) is 48.5 Å². The number of hydrogen-bond acceptors (Lipinski definition) is 6. The van der Waals surface area contributed by atoms with E-state index in [4.69, 9.17) is 11.6 Å². The molecule has 1 spiro atoms. The fourth-order valence-corrected chi connectivity index (χ4v) is 5.91.